The van der Waals surface area contributed by atoms with E-state index in [0.29, 0.717) is 5.82 Å². The van der Waals surface area contributed by atoms with Crippen molar-refractivity contribution in [2.24, 2.45) is 5.92 Å². The second-order valence-corrected chi connectivity index (χ2v) is 5.28. The first-order valence-electron chi connectivity index (χ1n) is 6.64. The summed E-state index contributed by atoms with van der Waals surface area (Å²) in [6.45, 7) is 2.12. The van der Waals surface area contributed by atoms with E-state index < -0.39 is 0 Å². The van der Waals surface area contributed by atoms with Gasteiger partial charge in [0.2, 0.25) is 0 Å². The molecule has 0 aliphatic heterocycles. The van der Waals surface area contributed by atoms with E-state index in [2.05, 4.69) is 41.4 Å². The van der Waals surface area contributed by atoms with Crippen LogP contribution < -0.4 is 5.73 Å². The highest BCUT2D eigenvalue weighted by atomic mass is 15.2. The lowest BCUT2D eigenvalue weighted by Crippen LogP contribution is -2.14. The summed E-state index contributed by atoms with van der Waals surface area (Å²) in [6, 6.07) is 8.36. The number of H-pyrrole nitrogens is 1. The Morgan fingerprint density at radius 3 is 2.78 bits per heavy atom. The van der Waals surface area contributed by atoms with Gasteiger partial charge in [-0.15, -0.1) is 0 Å². The van der Waals surface area contributed by atoms with Crippen LogP contribution >= 0.6 is 0 Å². The fraction of sp³-hybridized carbons (Fsp3) is 0.400. The SMILES string of the molecule is Cc1ccccc1-c1c(N)n[nH]c1CC1CCC1. The van der Waals surface area contributed by atoms with E-state index in [9.17, 15) is 0 Å². The van der Waals surface area contributed by atoms with E-state index in [1.54, 1.807) is 0 Å². The third kappa shape index (κ3) is 1.90. The van der Waals surface area contributed by atoms with Crippen molar-refractivity contribution in [1.29, 1.82) is 0 Å². The summed E-state index contributed by atoms with van der Waals surface area (Å²) in [5, 5.41) is 7.32. The molecule has 3 nitrogen and oxygen atoms in total. The third-order valence-electron chi connectivity index (χ3n) is 4.00. The van der Waals surface area contributed by atoms with Gasteiger partial charge in [-0.05, 0) is 30.4 Å². The van der Waals surface area contributed by atoms with Gasteiger partial charge in [-0.3, -0.25) is 5.10 Å². The molecule has 1 aromatic carbocycles. The number of nitrogens with zero attached hydrogens (tertiary/aromatic N) is 1. The molecule has 3 rings (SSSR count). The Morgan fingerprint density at radius 2 is 2.11 bits per heavy atom. The monoisotopic (exact) mass is 241 g/mol. The molecule has 1 aliphatic rings. The number of aromatic amines is 1. The molecule has 1 fully saturated rings. The maximum Gasteiger partial charge on any atom is 0.153 e. The summed E-state index contributed by atoms with van der Waals surface area (Å²) >= 11 is 0. The summed E-state index contributed by atoms with van der Waals surface area (Å²) in [7, 11) is 0. The molecule has 0 unspecified atom stereocenters. The number of hydrogen-bond donors (Lipinski definition) is 2. The van der Waals surface area contributed by atoms with Crippen molar-refractivity contribution in [2.75, 3.05) is 5.73 Å². The standard InChI is InChI=1S/C15H19N3/c1-10-5-2-3-8-12(10)14-13(17-18-15(14)16)9-11-6-4-7-11/h2-3,5,8,11H,4,6-7,9H2,1H3,(H3,16,17,18). The molecule has 0 amide bonds. The highest BCUT2D eigenvalue weighted by Gasteiger charge is 2.22. The second-order valence-electron chi connectivity index (χ2n) is 5.28. The molecule has 0 radical (unpaired) electrons. The van der Waals surface area contributed by atoms with Crippen LogP contribution in [0.5, 0.6) is 0 Å². The van der Waals surface area contributed by atoms with Crippen LogP contribution in [0.3, 0.4) is 0 Å². The molecule has 3 N–H and O–H groups in total. The molecule has 94 valence electrons. The molecule has 0 atom stereocenters. The van der Waals surface area contributed by atoms with Gasteiger partial charge in [0.15, 0.2) is 5.82 Å². The van der Waals surface area contributed by atoms with Crippen molar-refractivity contribution in [2.45, 2.75) is 32.6 Å². The van der Waals surface area contributed by atoms with Gasteiger partial charge >= 0.3 is 0 Å². The summed E-state index contributed by atoms with van der Waals surface area (Å²) in [5.74, 6) is 1.44. The quantitative estimate of drug-likeness (QED) is 0.866. The number of rotatable bonds is 3. The Labute approximate surface area is 107 Å². The first-order valence-corrected chi connectivity index (χ1v) is 6.64. The zero-order valence-electron chi connectivity index (χ0n) is 10.7. The predicted octanol–water partition coefficient (Wildman–Crippen LogP) is 3.31. The predicted molar refractivity (Wildman–Crippen MR) is 74.2 cm³/mol. The molecule has 0 saturated heterocycles. The maximum absolute atomic E-state index is 6.04. The fourth-order valence-corrected chi connectivity index (χ4v) is 2.68. The van der Waals surface area contributed by atoms with E-state index in [1.807, 2.05) is 0 Å². The number of nitrogen functional groups attached to an aromatic ring is 1. The first kappa shape index (κ1) is 11.3. The Morgan fingerprint density at radius 1 is 1.33 bits per heavy atom. The van der Waals surface area contributed by atoms with Gasteiger partial charge in [-0.25, -0.2) is 0 Å². The van der Waals surface area contributed by atoms with Gasteiger partial charge in [0.25, 0.3) is 0 Å². The Kier molecular flexibility index (Phi) is 2.82. The number of nitrogens with one attached hydrogen (secondary N) is 1. The van der Waals surface area contributed by atoms with Crippen LogP contribution in [0.2, 0.25) is 0 Å². The molecule has 0 bridgehead atoms. The lowest BCUT2D eigenvalue weighted by molar-refractivity contribution is 0.312. The van der Waals surface area contributed by atoms with Crippen LogP contribution in [-0.2, 0) is 6.42 Å². The van der Waals surface area contributed by atoms with Gasteiger partial charge in [-0.1, -0.05) is 43.5 Å². The largest absolute Gasteiger partial charge is 0.382 e. The van der Waals surface area contributed by atoms with Crippen molar-refractivity contribution in [3.05, 3.63) is 35.5 Å². The Bertz CT molecular complexity index is 553. The van der Waals surface area contributed by atoms with Gasteiger partial charge in [0.05, 0.1) is 0 Å². The molecular weight excluding hydrogens is 222 g/mol. The second kappa shape index (κ2) is 4.48. The van der Waals surface area contributed by atoms with Crippen LogP contribution in [-0.4, -0.2) is 10.2 Å². The Balaban J connectivity index is 1.99. The average Bonchev–Trinajstić information content (AvgIpc) is 2.66. The minimum Gasteiger partial charge on any atom is -0.382 e. The van der Waals surface area contributed by atoms with Gasteiger partial charge in [0.1, 0.15) is 0 Å². The van der Waals surface area contributed by atoms with Gasteiger partial charge < -0.3 is 5.73 Å². The van der Waals surface area contributed by atoms with Crippen LogP contribution in [0.4, 0.5) is 5.82 Å². The minimum atomic E-state index is 0.624. The fourth-order valence-electron chi connectivity index (χ4n) is 2.68. The molecule has 18 heavy (non-hydrogen) atoms. The number of nitrogens with two attached hydrogens (primary N) is 1. The van der Waals surface area contributed by atoms with E-state index in [-0.39, 0.29) is 0 Å². The number of aromatic nitrogens is 2. The van der Waals surface area contributed by atoms with E-state index in [1.165, 1.54) is 36.1 Å². The van der Waals surface area contributed by atoms with Gasteiger partial charge in [-0.2, -0.15) is 5.10 Å². The highest BCUT2D eigenvalue weighted by molar-refractivity contribution is 5.78. The summed E-state index contributed by atoms with van der Waals surface area (Å²) in [4.78, 5) is 0. The van der Waals surface area contributed by atoms with Crippen LogP contribution in [0.15, 0.2) is 24.3 Å². The van der Waals surface area contributed by atoms with E-state index >= 15 is 0 Å². The lowest BCUT2D eigenvalue weighted by atomic mass is 9.81. The first-order chi connectivity index (χ1) is 8.75. The number of anilines is 1. The zero-order chi connectivity index (χ0) is 12.5. The van der Waals surface area contributed by atoms with Crippen LogP contribution in [0.25, 0.3) is 11.1 Å². The lowest BCUT2D eigenvalue weighted by Gasteiger charge is -2.25. The molecule has 1 aliphatic carbocycles. The zero-order valence-corrected chi connectivity index (χ0v) is 10.7. The maximum atomic E-state index is 6.04. The molecule has 1 saturated carbocycles. The molecule has 2 aromatic rings. The smallest absolute Gasteiger partial charge is 0.153 e. The third-order valence-corrected chi connectivity index (χ3v) is 4.00. The van der Waals surface area contributed by atoms with Crippen molar-refractivity contribution < 1.29 is 0 Å². The minimum absolute atomic E-state index is 0.624. The molecule has 1 aromatic heterocycles. The Hall–Kier alpha value is -1.77. The summed E-state index contributed by atoms with van der Waals surface area (Å²) in [5.41, 5.74) is 10.8. The molecule has 0 spiro atoms. The summed E-state index contributed by atoms with van der Waals surface area (Å²) < 4.78 is 0. The van der Waals surface area contributed by atoms with Crippen LogP contribution in [0.1, 0.15) is 30.5 Å². The van der Waals surface area contributed by atoms with Crippen molar-refractivity contribution >= 4 is 5.82 Å². The average molecular weight is 241 g/mol. The number of aryl methyl sites for hydroxylation is 1. The topological polar surface area (TPSA) is 54.7 Å². The van der Waals surface area contributed by atoms with E-state index in [4.69, 9.17) is 5.73 Å². The van der Waals surface area contributed by atoms with Crippen molar-refractivity contribution in [3.63, 3.8) is 0 Å². The van der Waals surface area contributed by atoms with Crippen molar-refractivity contribution in [1.82, 2.24) is 10.2 Å². The number of hydrogen-bond acceptors (Lipinski definition) is 2. The molecule has 3 heteroatoms. The van der Waals surface area contributed by atoms with E-state index in [0.717, 1.165) is 17.9 Å². The number of benzene rings is 1. The summed E-state index contributed by atoms with van der Waals surface area (Å²) in [6.07, 6.45) is 5.13. The van der Waals surface area contributed by atoms with Crippen LogP contribution in [0, 0.1) is 12.8 Å². The molecular formula is C15H19N3. The molecule has 1 heterocycles. The normalized spacial score (nSPS) is 15.6. The van der Waals surface area contributed by atoms with Gasteiger partial charge in [0, 0.05) is 11.3 Å². The highest BCUT2D eigenvalue weighted by Crippen LogP contribution is 2.35. The van der Waals surface area contributed by atoms with Crippen molar-refractivity contribution in [3.8, 4) is 11.1 Å².